The van der Waals surface area contributed by atoms with E-state index in [1.807, 2.05) is 27.2 Å². The van der Waals surface area contributed by atoms with Crippen molar-refractivity contribution in [1.82, 2.24) is 5.32 Å². The number of amides is 1. The Morgan fingerprint density at radius 1 is 0.444 bits per heavy atom. The van der Waals surface area contributed by atoms with Crippen LogP contribution in [0.1, 0.15) is 290 Å². The maximum absolute atomic E-state index is 13.0. The van der Waals surface area contributed by atoms with Gasteiger partial charge in [-0.05, 0) is 89.9 Å². The molecular formula is C72H129N2O6P. The molecule has 2 N–H and O–H groups in total. The highest BCUT2D eigenvalue weighted by Gasteiger charge is 2.23. The van der Waals surface area contributed by atoms with Gasteiger partial charge in [-0.2, -0.15) is 0 Å². The van der Waals surface area contributed by atoms with Gasteiger partial charge in [-0.1, -0.05) is 303 Å². The van der Waals surface area contributed by atoms with Crippen molar-refractivity contribution >= 4 is 13.7 Å². The Kier molecular flexibility index (Phi) is 59.5. The minimum atomic E-state index is -4.61. The van der Waals surface area contributed by atoms with E-state index in [1.54, 1.807) is 6.08 Å². The molecule has 0 fully saturated rings. The Balaban J connectivity index is 4.00. The molecule has 0 aromatic rings. The van der Waals surface area contributed by atoms with Crippen LogP contribution >= 0.6 is 7.82 Å². The third-order valence-electron chi connectivity index (χ3n) is 14.7. The fourth-order valence-electron chi connectivity index (χ4n) is 9.50. The van der Waals surface area contributed by atoms with Crippen molar-refractivity contribution in [3.63, 3.8) is 0 Å². The van der Waals surface area contributed by atoms with E-state index < -0.39 is 26.6 Å². The molecule has 9 heteroatoms. The van der Waals surface area contributed by atoms with Gasteiger partial charge in [-0.25, -0.2) is 0 Å². The number of hydrogen-bond acceptors (Lipinski definition) is 6. The van der Waals surface area contributed by atoms with Gasteiger partial charge in [0.05, 0.1) is 39.9 Å². The number of hydrogen-bond donors (Lipinski definition) is 2. The Labute approximate surface area is 501 Å². The quantitative estimate of drug-likeness (QED) is 0.0272. The molecule has 0 radical (unpaired) electrons. The fraction of sp³-hybridized carbons (Fsp3) is 0.736. The van der Waals surface area contributed by atoms with E-state index in [2.05, 4.69) is 116 Å². The van der Waals surface area contributed by atoms with Gasteiger partial charge in [-0.3, -0.25) is 9.36 Å². The first-order chi connectivity index (χ1) is 39.5. The number of nitrogens with zero attached hydrogens (tertiary/aromatic N) is 1. The third-order valence-corrected chi connectivity index (χ3v) is 15.7. The smallest absolute Gasteiger partial charge is 0.268 e. The predicted molar refractivity (Wildman–Crippen MR) is 352 cm³/mol. The van der Waals surface area contributed by atoms with Crippen molar-refractivity contribution in [3.8, 4) is 0 Å². The second-order valence-electron chi connectivity index (χ2n) is 23.8. The largest absolute Gasteiger partial charge is 0.756 e. The van der Waals surface area contributed by atoms with Crippen LogP contribution in [0.15, 0.2) is 109 Å². The van der Waals surface area contributed by atoms with Crippen molar-refractivity contribution in [2.45, 2.75) is 302 Å². The van der Waals surface area contributed by atoms with Crippen LogP contribution in [0.4, 0.5) is 0 Å². The summed E-state index contributed by atoms with van der Waals surface area (Å²) in [6.45, 7) is 4.53. The number of carbonyl (C=O) groups is 1. The minimum absolute atomic E-state index is 0.00840. The van der Waals surface area contributed by atoms with E-state index in [1.165, 1.54) is 186 Å². The lowest BCUT2D eigenvalue weighted by Crippen LogP contribution is -2.45. The molecule has 0 aliphatic rings. The van der Waals surface area contributed by atoms with Gasteiger partial charge >= 0.3 is 0 Å². The van der Waals surface area contributed by atoms with E-state index in [-0.39, 0.29) is 12.5 Å². The average molecular weight is 1150 g/mol. The molecule has 3 atom stereocenters. The van der Waals surface area contributed by atoms with Gasteiger partial charge in [0.25, 0.3) is 7.82 Å². The van der Waals surface area contributed by atoms with Crippen LogP contribution < -0.4 is 10.2 Å². The second kappa shape index (κ2) is 61.7. The Bertz CT molecular complexity index is 1690. The lowest BCUT2D eigenvalue weighted by atomic mass is 10.0. The monoisotopic (exact) mass is 1150 g/mol. The Morgan fingerprint density at radius 2 is 0.765 bits per heavy atom. The fourth-order valence-corrected chi connectivity index (χ4v) is 10.2. The van der Waals surface area contributed by atoms with Crippen LogP contribution in [0.2, 0.25) is 0 Å². The first-order valence-electron chi connectivity index (χ1n) is 33.7. The first kappa shape index (κ1) is 78.2. The molecule has 3 unspecified atom stereocenters. The number of nitrogens with one attached hydrogen (secondary N) is 1. The molecule has 0 aromatic carbocycles. The summed E-state index contributed by atoms with van der Waals surface area (Å²) < 4.78 is 23.4. The third kappa shape index (κ3) is 64.6. The molecule has 0 bridgehead atoms. The highest BCUT2D eigenvalue weighted by molar-refractivity contribution is 7.45. The number of allylic oxidation sites excluding steroid dienone is 17. The van der Waals surface area contributed by atoms with Crippen LogP contribution in [0.3, 0.4) is 0 Å². The van der Waals surface area contributed by atoms with Crippen LogP contribution in [-0.2, 0) is 18.4 Å². The highest BCUT2D eigenvalue weighted by Crippen LogP contribution is 2.38. The van der Waals surface area contributed by atoms with Gasteiger partial charge in [0, 0.05) is 6.42 Å². The Morgan fingerprint density at radius 3 is 1.15 bits per heavy atom. The minimum Gasteiger partial charge on any atom is -0.756 e. The zero-order valence-corrected chi connectivity index (χ0v) is 54.4. The summed E-state index contributed by atoms with van der Waals surface area (Å²) in [5.41, 5.74) is 0. The van der Waals surface area contributed by atoms with Gasteiger partial charge < -0.3 is 28.8 Å². The molecule has 0 spiro atoms. The molecule has 0 aliphatic carbocycles. The van der Waals surface area contributed by atoms with Gasteiger partial charge in [0.1, 0.15) is 13.2 Å². The summed E-state index contributed by atoms with van der Waals surface area (Å²) in [5, 5.41) is 13.9. The number of likely N-dealkylation sites (N-methyl/N-ethyl adjacent to an activating group) is 1. The summed E-state index contributed by atoms with van der Waals surface area (Å²) in [6, 6.07) is -0.908. The molecule has 0 heterocycles. The van der Waals surface area contributed by atoms with Crippen LogP contribution in [0.25, 0.3) is 0 Å². The lowest BCUT2D eigenvalue weighted by Gasteiger charge is -2.29. The number of phosphoric acid groups is 1. The van der Waals surface area contributed by atoms with Crippen molar-refractivity contribution in [3.05, 3.63) is 109 Å². The summed E-state index contributed by atoms with van der Waals surface area (Å²) in [6.07, 6.45) is 90.6. The topological polar surface area (TPSA) is 108 Å². The molecule has 81 heavy (non-hydrogen) atoms. The van der Waals surface area contributed by atoms with E-state index in [0.717, 1.165) is 83.5 Å². The number of rotatable bonds is 61. The molecule has 0 rings (SSSR count). The number of aliphatic hydroxyl groups is 1. The molecule has 468 valence electrons. The number of quaternary nitrogens is 1. The molecule has 1 amide bonds. The molecule has 8 nitrogen and oxygen atoms in total. The molecule has 0 aromatic heterocycles. The average Bonchev–Trinajstić information content (AvgIpc) is 3.43. The second-order valence-corrected chi connectivity index (χ2v) is 25.2. The van der Waals surface area contributed by atoms with Crippen molar-refractivity contribution in [2.24, 2.45) is 0 Å². The van der Waals surface area contributed by atoms with Crippen molar-refractivity contribution in [1.29, 1.82) is 0 Å². The summed E-state index contributed by atoms with van der Waals surface area (Å²) in [4.78, 5) is 25.6. The zero-order valence-electron chi connectivity index (χ0n) is 53.5. The lowest BCUT2D eigenvalue weighted by molar-refractivity contribution is -0.870. The maximum Gasteiger partial charge on any atom is 0.268 e. The van der Waals surface area contributed by atoms with Crippen LogP contribution in [0, 0.1) is 0 Å². The van der Waals surface area contributed by atoms with E-state index in [0.29, 0.717) is 17.4 Å². The normalized spacial score (nSPS) is 14.4. The Hall–Kier alpha value is -2.84. The van der Waals surface area contributed by atoms with E-state index >= 15 is 0 Å². The van der Waals surface area contributed by atoms with E-state index in [9.17, 15) is 19.4 Å². The highest BCUT2D eigenvalue weighted by atomic mass is 31.2. The number of aliphatic hydroxyl groups excluding tert-OH is 1. The summed E-state index contributed by atoms with van der Waals surface area (Å²) in [7, 11) is 1.24. The first-order valence-corrected chi connectivity index (χ1v) is 35.2. The maximum atomic E-state index is 13.0. The number of phosphoric ester groups is 1. The standard InChI is InChI=1S/C72H129N2O6P/c1-6-8-10-12-14-16-18-20-22-24-26-27-28-29-30-31-32-33-34-35-36-37-38-39-40-41-42-43-44-45-46-47-48-50-52-54-56-58-60-62-64-66-72(76)73-70(69-80-81(77,78)79-68-67-74(3,4)5)71(75)65-63-61-59-57-55-53-51-49-25-23-21-19-17-15-13-11-9-7-2/h8,10,14,16,20,22,26-27,29-30,32-33,35-36,55,57,63,65,70-71,75H,6-7,9,11-13,15,17-19,21,23-25,28,31,34,37-54,56,58-62,64,66-69H2,1-5H3,(H-,73,76,77,78)/b10-8-,16-14-,22-20-,27-26-,30-29-,33-32-,36-35-,57-55+,65-63+. The summed E-state index contributed by atoms with van der Waals surface area (Å²) in [5.74, 6) is -0.206. The molecular weight excluding hydrogens is 1020 g/mol. The SMILES string of the molecule is CC/C=C\C/C=C\C/C=C\C/C=C\C/C=C\C/C=C\C/C=C\CCCCCCCCCCCCCCCCCCCCCC(=O)NC(COP(=O)([O-])OCC[N+](C)(C)C)C(O)/C=C/CC/C=C/CCCCCCCCCCCCCC. The predicted octanol–water partition coefficient (Wildman–Crippen LogP) is 20.9. The van der Waals surface area contributed by atoms with Crippen molar-refractivity contribution in [2.75, 3.05) is 40.9 Å². The van der Waals surface area contributed by atoms with Gasteiger partial charge in [0.15, 0.2) is 0 Å². The molecule has 0 aliphatic heterocycles. The molecule has 0 saturated carbocycles. The molecule has 0 saturated heterocycles. The zero-order chi connectivity index (χ0) is 59.1. The van der Waals surface area contributed by atoms with Crippen LogP contribution in [-0.4, -0.2) is 68.5 Å². The van der Waals surface area contributed by atoms with Gasteiger partial charge in [0.2, 0.25) is 5.91 Å². The van der Waals surface area contributed by atoms with Crippen LogP contribution in [0.5, 0.6) is 0 Å². The summed E-state index contributed by atoms with van der Waals surface area (Å²) >= 11 is 0. The van der Waals surface area contributed by atoms with Gasteiger partial charge in [-0.15, -0.1) is 0 Å². The van der Waals surface area contributed by atoms with E-state index in [4.69, 9.17) is 9.05 Å². The van der Waals surface area contributed by atoms with Crippen molar-refractivity contribution < 1.29 is 32.9 Å². The number of carbonyl (C=O) groups excluding carboxylic acids is 1. The number of unbranched alkanes of at least 4 members (excludes halogenated alkanes) is 32.